The molecule has 0 aromatic carbocycles. The Kier molecular flexibility index (Phi) is 4.66. The average Bonchev–Trinajstić information content (AvgIpc) is 2.79. The fourth-order valence-electron chi connectivity index (χ4n) is 3.60. The molecule has 0 amide bonds. The van der Waals surface area contributed by atoms with Gasteiger partial charge in [0.25, 0.3) is 0 Å². The van der Waals surface area contributed by atoms with Gasteiger partial charge in [-0.25, -0.2) is 0 Å². The summed E-state index contributed by atoms with van der Waals surface area (Å²) in [4.78, 5) is 2.49. The molecule has 16 heavy (non-hydrogen) atoms. The van der Waals surface area contributed by atoms with Crippen LogP contribution in [0.15, 0.2) is 0 Å². The molecule has 2 unspecified atom stereocenters. The van der Waals surface area contributed by atoms with Crippen LogP contribution in [0.4, 0.5) is 0 Å². The van der Waals surface area contributed by atoms with Crippen molar-refractivity contribution in [2.45, 2.75) is 51.0 Å². The molecule has 0 spiro atoms. The quantitative estimate of drug-likeness (QED) is 0.789. The summed E-state index contributed by atoms with van der Waals surface area (Å²) >= 11 is 0. The van der Waals surface area contributed by atoms with Crippen LogP contribution in [0.1, 0.15) is 44.9 Å². The van der Waals surface area contributed by atoms with E-state index in [-0.39, 0.29) is 0 Å². The smallest absolute Gasteiger partial charge is 0.0120 e. The van der Waals surface area contributed by atoms with Crippen molar-refractivity contribution in [1.29, 1.82) is 0 Å². The van der Waals surface area contributed by atoms with Gasteiger partial charge < -0.3 is 10.2 Å². The summed E-state index contributed by atoms with van der Waals surface area (Å²) in [5, 5.41) is 3.50. The van der Waals surface area contributed by atoms with Crippen molar-refractivity contribution in [3.63, 3.8) is 0 Å². The predicted molar refractivity (Wildman–Crippen MR) is 69.6 cm³/mol. The summed E-state index contributed by atoms with van der Waals surface area (Å²) in [6, 6.07) is 0.838. The Morgan fingerprint density at radius 2 is 1.88 bits per heavy atom. The molecule has 1 saturated carbocycles. The van der Waals surface area contributed by atoms with Crippen molar-refractivity contribution < 1.29 is 0 Å². The molecule has 1 N–H and O–H groups in total. The van der Waals surface area contributed by atoms with Gasteiger partial charge in [0, 0.05) is 6.04 Å². The first-order valence-corrected chi connectivity index (χ1v) is 7.14. The highest BCUT2D eigenvalue weighted by atomic mass is 15.1. The molecule has 0 aromatic rings. The topological polar surface area (TPSA) is 15.3 Å². The van der Waals surface area contributed by atoms with Crippen LogP contribution in [0.5, 0.6) is 0 Å². The third kappa shape index (κ3) is 3.21. The van der Waals surface area contributed by atoms with E-state index in [0.29, 0.717) is 0 Å². The first-order chi connectivity index (χ1) is 7.77. The van der Waals surface area contributed by atoms with E-state index in [0.717, 1.165) is 17.9 Å². The molecule has 2 fully saturated rings. The van der Waals surface area contributed by atoms with E-state index < -0.39 is 0 Å². The fraction of sp³-hybridized carbons (Fsp3) is 1.00. The zero-order chi connectivity index (χ0) is 11.4. The summed E-state index contributed by atoms with van der Waals surface area (Å²) in [6.45, 7) is 2.51. The molecular weight excluding hydrogens is 196 g/mol. The van der Waals surface area contributed by atoms with Gasteiger partial charge in [-0.05, 0) is 64.7 Å². The summed E-state index contributed by atoms with van der Waals surface area (Å²) in [5.74, 6) is 1.92. The second kappa shape index (κ2) is 6.02. The molecule has 2 aliphatic rings. The standard InChI is InChI=1S/C14H28N2/c1-16(2)14(10-12-8-9-15-11-12)13-6-4-3-5-7-13/h12-15H,3-11H2,1-2H3. The number of rotatable bonds is 4. The van der Waals surface area contributed by atoms with Gasteiger partial charge in [0.2, 0.25) is 0 Å². The fourth-order valence-corrected chi connectivity index (χ4v) is 3.60. The lowest BCUT2D eigenvalue weighted by Gasteiger charge is -2.36. The summed E-state index contributed by atoms with van der Waals surface area (Å²) in [5.41, 5.74) is 0. The first-order valence-electron chi connectivity index (χ1n) is 7.14. The Bertz CT molecular complexity index is 191. The van der Waals surface area contributed by atoms with Crippen LogP contribution in [0.25, 0.3) is 0 Å². The maximum Gasteiger partial charge on any atom is 0.0120 e. The molecule has 1 heterocycles. The van der Waals surface area contributed by atoms with E-state index >= 15 is 0 Å². The van der Waals surface area contributed by atoms with Crippen molar-refractivity contribution in [2.75, 3.05) is 27.2 Å². The van der Waals surface area contributed by atoms with Gasteiger partial charge in [-0.3, -0.25) is 0 Å². The molecule has 1 saturated heterocycles. The second-order valence-corrected chi connectivity index (χ2v) is 6.02. The van der Waals surface area contributed by atoms with Crippen molar-refractivity contribution in [1.82, 2.24) is 10.2 Å². The molecule has 1 aliphatic heterocycles. The van der Waals surface area contributed by atoms with E-state index in [1.165, 1.54) is 58.0 Å². The monoisotopic (exact) mass is 224 g/mol. The van der Waals surface area contributed by atoms with Crippen LogP contribution in [0.2, 0.25) is 0 Å². The second-order valence-electron chi connectivity index (χ2n) is 6.02. The highest BCUT2D eigenvalue weighted by Crippen LogP contribution is 2.32. The number of hydrogen-bond donors (Lipinski definition) is 1. The van der Waals surface area contributed by atoms with Crippen LogP contribution in [-0.4, -0.2) is 38.1 Å². The molecule has 2 atom stereocenters. The average molecular weight is 224 g/mol. The van der Waals surface area contributed by atoms with E-state index in [2.05, 4.69) is 24.3 Å². The maximum absolute atomic E-state index is 3.50. The third-order valence-corrected chi connectivity index (χ3v) is 4.59. The van der Waals surface area contributed by atoms with Crippen molar-refractivity contribution in [3.05, 3.63) is 0 Å². The van der Waals surface area contributed by atoms with Crippen LogP contribution >= 0.6 is 0 Å². The minimum Gasteiger partial charge on any atom is -0.316 e. The lowest BCUT2D eigenvalue weighted by molar-refractivity contribution is 0.144. The van der Waals surface area contributed by atoms with E-state index in [1.807, 2.05) is 0 Å². The molecule has 2 rings (SSSR count). The van der Waals surface area contributed by atoms with Gasteiger partial charge in [-0.15, -0.1) is 0 Å². The lowest BCUT2D eigenvalue weighted by atomic mass is 9.80. The third-order valence-electron chi connectivity index (χ3n) is 4.59. The van der Waals surface area contributed by atoms with Crippen LogP contribution < -0.4 is 5.32 Å². The molecule has 0 radical (unpaired) electrons. The number of nitrogens with one attached hydrogen (secondary N) is 1. The van der Waals surface area contributed by atoms with Gasteiger partial charge >= 0.3 is 0 Å². The van der Waals surface area contributed by atoms with Gasteiger partial charge in [0.05, 0.1) is 0 Å². The Hall–Kier alpha value is -0.0800. The zero-order valence-electron chi connectivity index (χ0n) is 11.0. The molecule has 0 bridgehead atoms. The van der Waals surface area contributed by atoms with Crippen molar-refractivity contribution in [3.8, 4) is 0 Å². The van der Waals surface area contributed by atoms with E-state index in [9.17, 15) is 0 Å². The Balaban J connectivity index is 1.87. The van der Waals surface area contributed by atoms with E-state index in [1.54, 1.807) is 0 Å². The minimum atomic E-state index is 0.838. The molecule has 2 nitrogen and oxygen atoms in total. The van der Waals surface area contributed by atoms with Crippen molar-refractivity contribution in [2.24, 2.45) is 11.8 Å². The molecule has 0 aromatic heterocycles. The highest BCUT2D eigenvalue weighted by molar-refractivity contribution is 4.84. The Labute approximate surface area is 101 Å². The van der Waals surface area contributed by atoms with Gasteiger partial charge in [0.15, 0.2) is 0 Å². The number of hydrogen-bond acceptors (Lipinski definition) is 2. The van der Waals surface area contributed by atoms with Gasteiger partial charge in [-0.2, -0.15) is 0 Å². The van der Waals surface area contributed by atoms with Crippen LogP contribution in [0, 0.1) is 11.8 Å². The SMILES string of the molecule is CN(C)C(CC1CCNC1)C1CCCCC1. The summed E-state index contributed by atoms with van der Waals surface area (Å²) < 4.78 is 0. The minimum absolute atomic E-state index is 0.838. The largest absolute Gasteiger partial charge is 0.316 e. The first kappa shape index (κ1) is 12.4. The normalized spacial score (nSPS) is 29.8. The predicted octanol–water partition coefficient (Wildman–Crippen LogP) is 2.50. The number of nitrogens with zero attached hydrogens (tertiary/aromatic N) is 1. The molecular formula is C14H28N2. The maximum atomic E-state index is 3.50. The Morgan fingerprint density at radius 3 is 2.44 bits per heavy atom. The lowest BCUT2D eigenvalue weighted by Crippen LogP contribution is -2.38. The molecule has 2 heteroatoms. The summed E-state index contributed by atoms with van der Waals surface area (Å²) in [7, 11) is 4.56. The highest BCUT2D eigenvalue weighted by Gasteiger charge is 2.28. The van der Waals surface area contributed by atoms with Crippen LogP contribution in [0.3, 0.4) is 0 Å². The van der Waals surface area contributed by atoms with Gasteiger partial charge in [0.1, 0.15) is 0 Å². The van der Waals surface area contributed by atoms with Crippen molar-refractivity contribution >= 4 is 0 Å². The van der Waals surface area contributed by atoms with Crippen LogP contribution in [-0.2, 0) is 0 Å². The molecule has 94 valence electrons. The molecule has 1 aliphatic carbocycles. The van der Waals surface area contributed by atoms with Gasteiger partial charge in [-0.1, -0.05) is 19.3 Å². The van der Waals surface area contributed by atoms with E-state index in [4.69, 9.17) is 0 Å². The Morgan fingerprint density at radius 1 is 1.12 bits per heavy atom. The zero-order valence-corrected chi connectivity index (χ0v) is 11.0. The summed E-state index contributed by atoms with van der Waals surface area (Å²) in [6.07, 6.45) is 10.2.